The van der Waals surface area contributed by atoms with E-state index < -0.39 is 18.3 Å². The Kier molecular flexibility index (Phi) is 4.65. The molecule has 0 N–H and O–H groups in total. The molecule has 1 aliphatic heterocycles. The van der Waals surface area contributed by atoms with Crippen LogP contribution in [0.4, 0.5) is 18.0 Å². The second kappa shape index (κ2) is 5.83. The first-order valence-corrected chi connectivity index (χ1v) is 8.22. The van der Waals surface area contributed by atoms with E-state index in [2.05, 4.69) is 0 Å². The third-order valence-electron chi connectivity index (χ3n) is 4.99. The van der Waals surface area contributed by atoms with Gasteiger partial charge in [0, 0.05) is 30.5 Å². The molecule has 2 aliphatic rings. The molecule has 7 heteroatoms. The summed E-state index contributed by atoms with van der Waals surface area (Å²) < 4.78 is 43.6. The van der Waals surface area contributed by atoms with E-state index in [1.54, 1.807) is 11.8 Å². The number of hydrogen-bond acceptors (Lipinski definition) is 3. The van der Waals surface area contributed by atoms with Crippen molar-refractivity contribution in [1.29, 1.82) is 0 Å². The second-order valence-corrected chi connectivity index (χ2v) is 7.68. The quantitative estimate of drug-likeness (QED) is 0.787. The molecule has 1 aliphatic carbocycles. The first-order valence-electron chi connectivity index (χ1n) is 8.22. The van der Waals surface area contributed by atoms with E-state index in [0.29, 0.717) is 19.6 Å². The van der Waals surface area contributed by atoms with E-state index in [4.69, 9.17) is 4.74 Å². The number of ether oxygens (including phenoxy) is 1. The maximum absolute atomic E-state index is 12.8. The van der Waals surface area contributed by atoms with Crippen molar-refractivity contribution in [2.45, 2.75) is 58.9 Å². The van der Waals surface area contributed by atoms with Crippen LogP contribution in [-0.4, -0.2) is 59.9 Å². The first-order chi connectivity index (χ1) is 10.4. The van der Waals surface area contributed by atoms with Crippen molar-refractivity contribution in [2.75, 3.05) is 26.2 Å². The van der Waals surface area contributed by atoms with Crippen molar-refractivity contribution in [3.05, 3.63) is 0 Å². The van der Waals surface area contributed by atoms with Crippen LogP contribution in [-0.2, 0) is 4.74 Å². The molecule has 0 aromatic carbocycles. The molecule has 0 aromatic rings. The largest absolute Gasteiger partial charge is 0.444 e. The summed E-state index contributed by atoms with van der Waals surface area (Å²) in [5.74, 6) is 0.113. The Balaban J connectivity index is 2.02. The Morgan fingerprint density at radius 2 is 1.91 bits per heavy atom. The monoisotopic (exact) mass is 336 g/mol. The van der Waals surface area contributed by atoms with Crippen molar-refractivity contribution in [2.24, 2.45) is 11.3 Å². The standard InChI is InChI=1S/C16H27F3N2O2/c1-6-15-9-21(13(22)23-14(3,4)5)8-11(15)12(15)20(7-2)10-16(17,18)19/h11-12H,6-10H2,1-5H3/t11-,12-,15-/m1/s1. The number of halogens is 3. The van der Waals surface area contributed by atoms with E-state index in [-0.39, 0.29) is 23.5 Å². The molecule has 1 heterocycles. The van der Waals surface area contributed by atoms with Crippen LogP contribution in [0.3, 0.4) is 0 Å². The lowest BCUT2D eigenvalue weighted by Gasteiger charge is -2.31. The molecular weight excluding hydrogens is 309 g/mol. The van der Waals surface area contributed by atoms with Crippen molar-refractivity contribution < 1.29 is 22.7 Å². The van der Waals surface area contributed by atoms with E-state index in [1.165, 1.54) is 4.90 Å². The Bertz CT molecular complexity index is 461. The maximum atomic E-state index is 12.8. The van der Waals surface area contributed by atoms with Gasteiger partial charge in [-0.15, -0.1) is 0 Å². The van der Waals surface area contributed by atoms with Gasteiger partial charge in [-0.05, 0) is 33.7 Å². The fourth-order valence-electron chi connectivity index (χ4n) is 4.01. The Morgan fingerprint density at radius 3 is 2.30 bits per heavy atom. The lowest BCUT2D eigenvalue weighted by Crippen LogP contribution is -2.44. The fourth-order valence-corrected chi connectivity index (χ4v) is 4.01. The van der Waals surface area contributed by atoms with Gasteiger partial charge in [0.25, 0.3) is 0 Å². The molecule has 2 rings (SSSR count). The summed E-state index contributed by atoms with van der Waals surface area (Å²) in [5, 5.41) is 0. The molecule has 1 saturated carbocycles. The highest BCUT2D eigenvalue weighted by molar-refractivity contribution is 5.69. The number of amides is 1. The minimum Gasteiger partial charge on any atom is -0.444 e. The molecule has 23 heavy (non-hydrogen) atoms. The van der Waals surface area contributed by atoms with E-state index in [0.717, 1.165) is 6.42 Å². The Hall–Kier alpha value is -0.980. The smallest absolute Gasteiger partial charge is 0.410 e. The number of nitrogens with zero attached hydrogens (tertiary/aromatic N) is 2. The molecule has 2 fully saturated rings. The number of hydrogen-bond donors (Lipinski definition) is 0. The van der Waals surface area contributed by atoms with Crippen LogP contribution in [0.2, 0.25) is 0 Å². The molecule has 1 saturated heterocycles. The zero-order valence-electron chi connectivity index (χ0n) is 14.5. The summed E-state index contributed by atoms with van der Waals surface area (Å²) in [6.07, 6.45) is -3.78. The van der Waals surface area contributed by atoms with Gasteiger partial charge in [-0.1, -0.05) is 13.8 Å². The average molecular weight is 336 g/mol. The molecule has 0 radical (unpaired) electrons. The van der Waals surface area contributed by atoms with Gasteiger partial charge < -0.3 is 9.64 Å². The molecule has 134 valence electrons. The van der Waals surface area contributed by atoms with Gasteiger partial charge in [-0.3, -0.25) is 4.90 Å². The van der Waals surface area contributed by atoms with Crippen LogP contribution in [0.1, 0.15) is 41.0 Å². The summed E-state index contributed by atoms with van der Waals surface area (Å²) in [5.41, 5.74) is -0.771. The summed E-state index contributed by atoms with van der Waals surface area (Å²) >= 11 is 0. The normalized spacial score (nSPS) is 30.6. The number of piperidine rings is 1. The molecule has 3 atom stereocenters. The van der Waals surface area contributed by atoms with Crippen molar-refractivity contribution in [3.8, 4) is 0 Å². The van der Waals surface area contributed by atoms with Gasteiger partial charge >= 0.3 is 12.3 Å². The third-order valence-corrected chi connectivity index (χ3v) is 4.99. The van der Waals surface area contributed by atoms with Crippen molar-refractivity contribution >= 4 is 6.09 Å². The average Bonchev–Trinajstić information content (AvgIpc) is 2.82. The van der Waals surface area contributed by atoms with E-state index >= 15 is 0 Å². The van der Waals surface area contributed by atoms with Gasteiger partial charge in [0.1, 0.15) is 5.60 Å². The minimum absolute atomic E-state index is 0.0854. The predicted octanol–water partition coefficient (Wildman–Crippen LogP) is 3.52. The number of carbonyl (C=O) groups excluding carboxylic acids is 1. The zero-order valence-corrected chi connectivity index (χ0v) is 14.5. The summed E-state index contributed by atoms with van der Waals surface area (Å²) in [6.45, 7) is 9.64. The summed E-state index contributed by atoms with van der Waals surface area (Å²) in [6, 6.07) is -0.0854. The third kappa shape index (κ3) is 3.75. The Labute approximate surface area is 135 Å². The van der Waals surface area contributed by atoms with Crippen molar-refractivity contribution in [3.63, 3.8) is 0 Å². The second-order valence-electron chi connectivity index (χ2n) is 7.68. The lowest BCUT2D eigenvalue weighted by atomic mass is 10.0. The topological polar surface area (TPSA) is 32.8 Å². The number of alkyl halides is 3. The van der Waals surface area contributed by atoms with E-state index in [9.17, 15) is 18.0 Å². The zero-order chi connectivity index (χ0) is 17.6. The summed E-state index contributed by atoms with van der Waals surface area (Å²) in [7, 11) is 0. The highest BCUT2D eigenvalue weighted by Crippen LogP contribution is 2.62. The maximum Gasteiger partial charge on any atom is 0.410 e. The highest BCUT2D eigenvalue weighted by atomic mass is 19.4. The highest BCUT2D eigenvalue weighted by Gasteiger charge is 2.70. The summed E-state index contributed by atoms with van der Waals surface area (Å²) in [4.78, 5) is 15.3. The Morgan fingerprint density at radius 1 is 1.30 bits per heavy atom. The van der Waals surface area contributed by atoms with Crippen LogP contribution < -0.4 is 0 Å². The predicted molar refractivity (Wildman–Crippen MR) is 81.1 cm³/mol. The number of likely N-dealkylation sites (tertiary alicyclic amines) is 1. The minimum atomic E-state index is -4.19. The molecule has 0 aromatic heterocycles. The molecule has 0 spiro atoms. The lowest BCUT2D eigenvalue weighted by molar-refractivity contribution is -0.148. The number of rotatable bonds is 4. The SMILES string of the molecule is CCN(CC(F)(F)F)[C@@H]1[C@H]2CN(C(=O)OC(C)(C)C)C[C@]21CC. The van der Waals surface area contributed by atoms with E-state index in [1.807, 2.05) is 27.7 Å². The van der Waals surface area contributed by atoms with Gasteiger partial charge in [0.15, 0.2) is 0 Å². The molecule has 1 amide bonds. The van der Waals surface area contributed by atoms with Crippen molar-refractivity contribution in [1.82, 2.24) is 9.80 Å². The molecular formula is C16H27F3N2O2. The van der Waals surface area contributed by atoms with Crippen LogP contribution >= 0.6 is 0 Å². The van der Waals surface area contributed by atoms with Crippen LogP contribution in [0.5, 0.6) is 0 Å². The number of carbonyl (C=O) groups is 1. The molecule has 0 bridgehead atoms. The molecule has 4 nitrogen and oxygen atoms in total. The van der Waals surface area contributed by atoms with Crippen LogP contribution in [0.15, 0.2) is 0 Å². The van der Waals surface area contributed by atoms with Crippen LogP contribution in [0.25, 0.3) is 0 Å². The van der Waals surface area contributed by atoms with Gasteiger partial charge in [0.05, 0.1) is 6.54 Å². The first kappa shape index (κ1) is 18.4. The molecule has 0 unspecified atom stereocenters. The van der Waals surface area contributed by atoms with Gasteiger partial charge in [-0.2, -0.15) is 13.2 Å². The fraction of sp³-hybridized carbons (Fsp3) is 0.938. The van der Waals surface area contributed by atoms with Crippen LogP contribution in [0, 0.1) is 11.3 Å². The number of fused-ring (bicyclic) bond motifs is 1. The van der Waals surface area contributed by atoms with Gasteiger partial charge in [0.2, 0.25) is 0 Å². The van der Waals surface area contributed by atoms with Gasteiger partial charge in [-0.25, -0.2) is 4.79 Å².